The van der Waals surface area contributed by atoms with E-state index in [9.17, 15) is 9.18 Å². The summed E-state index contributed by atoms with van der Waals surface area (Å²) in [6.07, 6.45) is 4.00. The minimum atomic E-state index is -0.288. The van der Waals surface area contributed by atoms with Crippen molar-refractivity contribution in [1.29, 1.82) is 0 Å². The number of hydrogen-bond donors (Lipinski definition) is 1. The van der Waals surface area contributed by atoms with Crippen molar-refractivity contribution >= 4 is 34.1 Å². The lowest BCUT2D eigenvalue weighted by Crippen LogP contribution is -2.14. The summed E-state index contributed by atoms with van der Waals surface area (Å²) >= 11 is 2.71. The molecule has 3 aromatic rings. The van der Waals surface area contributed by atoms with Gasteiger partial charge >= 0.3 is 0 Å². The molecule has 1 aromatic carbocycles. The molecule has 0 radical (unpaired) electrons. The van der Waals surface area contributed by atoms with Crippen molar-refractivity contribution in [1.82, 2.24) is 19.7 Å². The third-order valence-corrected chi connectivity index (χ3v) is 5.42. The van der Waals surface area contributed by atoms with Crippen molar-refractivity contribution < 1.29 is 9.18 Å². The summed E-state index contributed by atoms with van der Waals surface area (Å²) in [7, 11) is 0. The second kappa shape index (κ2) is 6.93. The molecule has 1 N–H and O–H groups in total. The summed E-state index contributed by atoms with van der Waals surface area (Å²) in [4.78, 5) is 16.5. The Morgan fingerprint density at radius 3 is 2.92 bits per heavy atom. The molecule has 2 aromatic heterocycles. The average molecular weight is 375 g/mol. The lowest BCUT2D eigenvalue weighted by molar-refractivity contribution is -0.113. The van der Waals surface area contributed by atoms with Crippen LogP contribution in [0.2, 0.25) is 0 Å². The van der Waals surface area contributed by atoms with Gasteiger partial charge in [0, 0.05) is 17.0 Å². The van der Waals surface area contributed by atoms with Gasteiger partial charge < -0.3 is 9.88 Å². The molecule has 1 saturated carbocycles. The number of halogens is 1. The van der Waals surface area contributed by atoms with Gasteiger partial charge in [0.05, 0.1) is 11.4 Å². The maximum Gasteiger partial charge on any atom is 0.236 e. The second-order valence-corrected chi connectivity index (χ2v) is 7.43. The zero-order valence-electron chi connectivity index (χ0n) is 13.1. The van der Waals surface area contributed by atoms with E-state index in [0.29, 0.717) is 16.9 Å². The van der Waals surface area contributed by atoms with Crippen LogP contribution in [0.5, 0.6) is 0 Å². The lowest BCUT2D eigenvalue weighted by Gasteiger charge is -2.04. The van der Waals surface area contributed by atoms with Gasteiger partial charge in [0.25, 0.3) is 0 Å². The first-order chi connectivity index (χ1) is 12.2. The van der Waals surface area contributed by atoms with Gasteiger partial charge in [0.15, 0.2) is 10.3 Å². The van der Waals surface area contributed by atoms with E-state index in [4.69, 9.17) is 0 Å². The Morgan fingerprint density at radius 1 is 1.36 bits per heavy atom. The van der Waals surface area contributed by atoms with Gasteiger partial charge in [-0.15, -0.1) is 21.5 Å². The molecule has 4 rings (SSSR count). The van der Waals surface area contributed by atoms with E-state index in [1.165, 1.54) is 35.2 Å². The Labute approximate surface area is 151 Å². The summed E-state index contributed by atoms with van der Waals surface area (Å²) in [6.45, 7) is 0. The fraction of sp³-hybridized carbons (Fsp3) is 0.250. The number of aromatic nitrogens is 4. The third-order valence-electron chi connectivity index (χ3n) is 3.70. The van der Waals surface area contributed by atoms with Crippen LogP contribution in [0.3, 0.4) is 0 Å². The highest BCUT2D eigenvalue weighted by Crippen LogP contribution is 2.37. The quantitative estimate of drug-likeness (QED) is 0.667. The van der Waals surface area contributed by atoms with E-state index >= 15 is 0 Å². The van der Waals surface area contributed by atoms with Crippen LogP contribution in [-0.2, 0) is 4.79 Å². The normalized spacial score (nSPS) is 13.8. The van der Waals surface area contributed by atoms with Gasteiger partial charge in [-0.1, -0.05) is 11.8 Å². The molecule has 1 aliphatic rings. The summed E-state index contributed by atoms with van der Waals surface area (Å²) < 4.78 is 15.0. The molecule has 0 aliphatic heterocycles. The number of hydrogen-bond acceptors (Lipinski definition) is 6. The van der Waals surface area contributed by atoms with E-state index in [2.05, 4.69) is 20.5 Å². The van der Waals surface area contributed by atoms with Crippen molar-refractivity contribution in [3.63, 3.8) is 0 Å². The molecule has 9 heteroatoms. The zero-order chi connectivity index (χ0) is 17.2. The van der Waals surface area contributed by atoms with E-state index in [1.54, 1.807) is 18.5 Å². The summed E-state index contributed by atoms with van der Waals surface area (Å²) in [5.41, 5.74) is 1.52. The molecule has 6 nitrogen and oxygen atoms in total. The molecule has 1 amide bonds. The average Bonchev–Trinajstić information content (AvgIpc) is 3.16. The lowest BCUT2D eigenvalue weighted by atomic mass is 10.2. The van der Waals surface area contributed by atoms with Gasteiger partial charge in [-0.05, 0) is 37.1 Å². The van der Waals surface area contributed by atoms with Crippen LogP contribution < -0.4 is 5.32 Å². The largest absolute Gasteiger partial charge is 0.306 e. The second-order valence-electron chi connectivity index (χ2n) is 5.63. The number of thiazole rings is 1. The molecule has 0 bridgehead atoms. The SMILES string of the molecule is O=C(CSc1nncn1C1CC1)Nc1nc(-c2ccc(F)cc2)cs1. The Hall–Kier alpha value is -2.26. The highest BCUT2D eigenvalue weighted by molar-refractivity contribution is 7.99. The van der Waals surface area contributed by atoms with Crippen LogP contribution in [0, 0.1) is 5.82 Å². The first kappa shape index (κ1) is 16.2. The molecular formula is C16H14FN5OS2. The molecule has 2 heterocycles. The monoisotopic (exact) mass is 375 g/mol. The van der Waals surface area contributed by atoms with Crippen molar-refractivity contribution in [2.24, 2.45) is 0 Å². The first-order valence-electron chi connectivity index (χ1n) is 7.72. The molecule has 128 valence electrons. The van der Waals surface area contributed by atoms with E-state index < -0.39 is 0 Å². The number of carbonyl (C=O) groups excluding carboxylic acids is 1. The topological polar surface area (TPSA) is 72.7 Å². The number of thioether (sulfide) groups is 1. The number of nitrogens with one attached hydrogen (secondary N) is 1. The number of carbonyl (C=O) groups is 1. The van der Waals surface area contributed by atoms with Crippen molar-refractivity contribution in [2.75, 3.05) is 11.1 Å². The van der Waals surface area contributed by atoms with Crippen molar-refractivity contribution in [2.45, 2.75) is 24.0 Å². The van der Waals surface area contributed by atoms with Gasteiger partial charge in [-0.2, -0.15) is 0 Å². The van der Waals surface area contributed by atoms with Gasteiger partial charge in [-0.3, -0.25) is 4.79 Å². The maximum atomic E-state index is 13.0. The predicted octanol–water partition coefficient (Wildman–Crippen LogP) is 3.61. The summed E-state index contributed by atoms with van der Waals surface area (Å²) in [6, 6.07) is 6.59. The summed E-state index contributed by atoms with van der Waals surface area (Å²) in [5, 5.41) is 13.9. The maximum absolute atomic E-state index is 13.0. The van der Waals surface area contributed by atoms with Crippen LogP contribution in [-0.4, -0.2) is 31.4 Å². The predicted molar refractivity (Wildman–Crippen MR) is 95.2 cm³/mol. The first-order valence-corrected chi connectivity index (χ1v) is 9.59. The van der Waals surface area contributed by atoms with Gasteiger partial charge in [0.2, 0.25) is 5.91 Å². The fourth-order valence-electron chi connectivity index (χ4n) is 2.31. The van der Waals surface area contributed by atoms with Crippen molar-refractivity contribution in [3.05, 3.63) is 41.8 Å². The Balaban J connectivity index is 1.35. The molecule has 0 spiro atoms. The van der Waals surface area contributed by atoms with E-state index in [0.717, 1.165) is 23.6 Å². The fourth-order valence-corrected chi connectivity index (χ4v) is 3.83. The minimum Gasteiger partial charge on any atom is -0.306 e. The molecule has 25 heavy (non-hydrogen) atoms. The molecule has 1 aliphatic carbocycles. The minimum absolute atomic E-state index is 0.143. The number of nitrogens with zero attached hydrogens (tertiary/aromatic N) is 4. The van der Waals surface area contributed by atoms with Crippen LogP contribution in [0.1, 0.15) is 18.9 Å². The third kappa shape index (κ3) is 3.88. The van der Waals surface area contributed by atoms with Crippen LogP contribution >= 0.6 is 23.1 Å². The Morgan fingerprint density at radius 2 is 2.16 bits per heavy atom. The zero-order valence-corrected chi connectivity index (χ0v) is 14.7. The molecule has 0 atom stereocenters. The van der Waals surface area contributed by atoms with E-state index in [1.807, 2.05) is 9.95 Å². The van der Waals surface area contributed by atoms with E-state index in [-0.39, 0.29) is 17.5 Å². The highest BCUT2D eigenvalue weighted by Gasteiger charge is 2.26. The highest BCUT2D eigenvalue weighted by atomic mass is 32.2. The smallest absolute Gasteiger partial charge is 0.236 e. The summed E-state index contributed by atoms with van der Waals surface area (Å²) in [5.74, 6) is -0.185. The molecular weight excluding hydrogens is 361 g/mol. The van der Waals surface area contributed by atoms with Crippen LogP contribution in [0.4, 0.5) is 9.52 Å². The standard InChI is InChI=1S/C16H14FN5OS2/c17-11-3-1-10(2-4-11)13-7-24-15(19-13)20-14(23)8-25-16-21-18-9-22(16)12-5-6-12/h1-4,7,9,12H,5-6,8H2,(H,19,20,23). The molecule has 0 unspecified atom stereocenters. The van der Waals surface area contributed by atoms with Gasteiger partial charge in [-0.25, -0.2) is 9.37 Å². The van der Waals surface area contributed by atoms with Crippen LogP contribution in [0.25, 0.3) is 11.3 Å². The van der Waals surface area contributed by atoms with Crippen LogP contribution in [0.15, 0.2) is 41.1 Å². The molecule has 0 saturated heterocycles. The number of rotatable bonds is 6. The number of benzene rings is 1. The molecule has 1 fully saturated rings. The van der Waals surface area contributed by atoms with Crippen molar-refractivity contribution in [3.8, 4) is 11.3 Å². The Kier molecular flexibility index (Phi) is 4.50. The Bertz CT molecular complexity index is 888. The number of anilines is 1. The number of amides is 1. The van der Waals surface area contributed by atoms with Gasteiger partial charge in [0.1, 0.15) is 12.1 Å².